The molecule has 0 radical (unpaired) electrons. The lowest BCUT2D eigenvalue weighted by atomic mass is 10.1. The van der Waals surface area contributed by atoms with Crippen molar-refractivity contribution >= 4 is 11.8 Å². The van der Waals surface area contributed by atoms with E-state index in [0.717, 1.165) is 6.61 Å². The minimum absolute atomic E-state index is 0.0610. The van der Waals surface area contributed by atoms with Gasteiger partial charge in [-0.1, -0.05) is 13.3 Å². The average molecular weight is 218 g/mol. The van der Waals surface area contributed by atoms with Crippen molar-refractivity contribution in [3.8, 4) is 0 Å². The molecule has 2 fully saturated rings. The zero-order valence-electron chi connectivity index (χ0n) is 8.52. The van der Waals surface area contributed by atoms with Gasteiger partial charge in [-0.25, -0.2) is 0 Å². The highest BCUT2D eigenvalue weighted by atomic mass is 32.2. The fourth-order valence-electron chi connectivity index (χ4n) is 1.97. The highest BCUT2D eigenvalue weighted by molar-refractivity contribution is 8.00. The van der Waals surface area contributed by atoms with Crippen LogP contribution in [0.4, 0.5) is 0 Å². The van der Waals surface area contributed by atoms with Gasteiger partial charge in [0.2, 0.25) is 0 Å². The predicted octanol–water partition coefficient (Wildman–Crippen LogP) is 1.05. The SMILES string of the molecule is CCCCS[C@@H]1CO[C@H]2[C@@H]1OC[C@H]2O. The summed E-state index contributed by atoms with van der Waals surface area (Å²) in [5, 5.41) is 9.96. The van der Waals surface area contributed by atoms with Crippen LogP contribution in [0.15, 0.2) is 0 Å². The summed E-state index contributed by atoms with van der Waals surface area (Å²) in [4.78, 5) is 0. The molecule has 0 aromatic heterocycles. The average Bonchev–Trinajstić information content (AvgIpc) is 2.72. The van der Waals surface area contributed by atoms with Crippen LogP contribution in [-0.4, -0.2) is 47.6 Å². The summed E-state index contributed by atoms with van der Waals surface area (Å²) in [5.74, 6) is 1.17. The quantitative estimate of drug-likeness (QED) is 0.716. The summed E-state index contributed by atoms with van der Waals surface area (Å²) in [6.45, 7) is 3.38. The Hall–Kier alpha value is 0.230. The molecule has 1 N–H and O–H groups in total. The molecule has 14 heavy (non-hydrogen) atoms. The van der Waals surface area contributed by atoms with Crippen LogP contribution in [0.2, 0.25) is 0 Å². The lowest BCUT2D eigenvalue weighted by Gasteiger charge is -2.14. The molecule has 0 amide bonds. The molecular formula is C10H18O3S. The van der Waals surface area contributed by atoms with Gasteiger partial charge in [0.15, 0.2) is 0 Å². The number of rotatable bonds is 4. The van der Waals surface area contributed by atoms with Crippen molar-refractivity contribution in [2.24, 2.45) is 0 Å². The van der Waals surface area contributed by atoms with Crippen molar-refractivity contribution in [3.63, 3.8) is 0 Å². The monoisotopic (exact) mass is 218 g/mol. The lowest BCUT2D eigenvalue weighted by Crippen LogP contribution is -2.30. The molecule has 0 aromatic rings. The summed E-state index contributed by atoms with van der Waals surface area (Å²) < 4.78 is 11.1. The molecule has 0 bridgehead atoms. The molecule has 2 saturated heterocycles. The molecule has 0 saturated carbocycles. The summed E-state index contributed by atoms with van der Waals surface area (Å²) >= 11 is 1.93. The van der Waals surface area contributed by atoms with Crippen molar-refractivity contribution in [1.29, 1.82) is 0 Å². The number of aliphatic hydroxyl groups excluding tert-OH is 1. The maximum absolute atomic E-state index is 9.53. The van der Waals surface area contributed by atoms with Crippen molar-refractivity contribution in [2.75, 3.05) is 19.0 Å². The van der Waals surface area contributed by atoms with E-state index in [1.54, 1.807) is 0 Å². The summed E-state index contributed by atoms with van der Waals surface area (Å²) in [7, 11) is 0. The summed E-state index contributed by atoms with van der Waals surface area (Å²) in [6.07, 6.45) is 2.15. The van der Waals surface area contributed by atoms with Crippen molar-refractivity contribution in [2.45, 2.75) is 43.3 Å². The maximum atomic E-state index is 9.53. The highest BCUT2D eigenvalue weighted by Crippen LogP contribution is 2.34. The van der Waals surface area contributed by atoms with Crippen LogP contribution < -0.4 is 0 Å². The van der Waals surface area contributed by atoms with Crippen LogP contribution in [0.25, 0.3) is 0 Å². The fraction of sp³-hybridized carbons (Fsp3) is 1.00. The summed E-state index contributed by atoms with van der Waals surface area (Å²) in [5.41, 5.74) is 0. The fourth-order valence-corrected chi connectivity index (χ4v) is 3.32. The highest BCUT2D eigenvalue weighted by Gasteiger charge is 2.46. The molecule has 0 unspecified atom stereocenters. The molecule has 4 atom stereocenters. The van der Waals surface area contributed by atoms with E-state index in [0.29, 0.717) is 11.9 Å². The van der Waals surface area contributed by atoms with E-state index >= 15 is 0 Å². The molecule has 0 spiro atoms. The van der Waals surface area contributed by atoms with Crippen LogP contribution in [0.5, 0.6) is 0 Å². The third kappa shape index (κ3) is 2.08. The Morgan fingerprint density at radius 3 is 2.86 bits per heavy atom. The molecule has 2 heterocycles. The second-order valence-electron chi connectivity index (χ2n) is 3.93. The van der Waals surface area contributed by atoms with Crippen LogP contribution in [0, 0.1) is 0 Å². The number of hydrogen-bond acceptors (Lipinski definition) is 4. The van der Waals surface area contributed by atoms with E-state index in [1.807, 2.05) is 11.8 Å². The summed E-state index contributed by atoms with van der Waals surface area (Å²) in [6, 6.07) is 0. The first-order chi connectivity index (χ1) is 6.83. The van der Waals surface area contributed by atoms with E-state index in [1.165, 1.54) is 18.6 Å². The number of fused-ring (bicyclic) bond motifs is 1. The van der Waals surface area contributed by atoms with E-state index in [-0.39, 0.29) is 12.2 Å². The van der Waals surface area contributed by atoms with Crippen molar-refractivity contribution in [1.82, 2.24) is 0 Å². The number of unbranched alkanes of at least 4 members (excludes halogenated alkanes) is 1. The molecule has 0 aliphatic carbocycles. The van der Waals surface area contributed by atoms with Crippen LogP contribution in [0.1, 0.15) is 19.8 Å². The third-order valence-corrected chi connectivity index (χ3v) is 4.17. The largest absolute Gasteiger partial charge is 0.388 e. The number of ether oxygens (including phenoxy) is 2. The standard InChI is InChI=1S/C10H18O3S/c1-2-3-4-14-8-6-13-9-7(11)5-12-10(8)9/h7-11H,2-6H2,1H3/t7-,8-,9-,10-/m1/s1. The Kier molecular flexibility index (Phi) is 3.71. The van der Waals surface area contributed by atoms with E-state index in [9.17, 15) is 5.11 Å². The van der Waals surface area contributed by atoms with Gasteiger partial charge in [-0.05, 0) is 12.2 Å². The number of aliphatic hydroxyl groups is 1. The van der Waals surface area contributed by atoms with Gasteiger partial charge in [0, 0.05) is 0 Å². The molecular weight excluding hydrogens is 200 g/mol. The Labute approximate surface area is 89.2 Å². The first-order valence-electron chi connectivity index (χ1n) is 5.35. The lowest BCUT2D eigenvalue weighted by molar-refractivity contribution is 0.0188. The van der Waals surface area contributed by atoms with Crippen molar-refractivity contribution in [3.05, 3.63) is 0 Å². The second-order valence-corrected chi connectivity index (χ2v) is 5.27. The van der Waals surface area contributed by atoms with Gasteiger partial charge in [0.05, 0.1) is 18.5 Å². The third-order valence-electron chi connectivity index (χ3n) is 2.81. The first-order valence-corrected chi connectivity index (χ1v) is 6.40. The minimum Gasteiger partial charge on any atom is -0.388 e. The Balaban J connectivity index is 1.78. The number of thioether (sulfide) groups is 1. The number of hydrogen-bond donors (Lipinski definition) is 1. The Bertz CT molecular complexity index is 188. The Morgan fingerprint density at radius 1 is 1.29 bits per heavy atom. The molecule has 0 aromatic carbocycles. The minimum atomic E-state index is -0.406. The first kappa shape index (κ1) is 10.7. The van der Waals surface area contributed by atoms with Gasteiger partial charge >= 0.3 is 0 Å². The van der Waals surface area contributed by atoms with Gasteiger partial charge in [0.1, 0.15) is 18.3 Å². The molecule has 2 aliphatic rings. The van der Waals surface area contributed by atoms with Crippen LogP contribution in [0.3, 0.4) is 0 Å². The smallest absolute Gasteiger partial charge is 0.113 e. The van der Waals surface area contributed by atoms with E-state index in [2.05, 4.69) is 6.92 Å². The zero-order chi connectivity index (χ0) is 9.97. The molecule has 82 valence electrons. The van der Waals surface area contributed by atoms with Crippen molar-refractivity contribution < 1.29 is 14.6 Å². The molecule has 4 heteroatoms. The van der Waals surface area contributed by atoms with Crippen LogP contribution in [-0.2, 0) is 9.47 Å². The van der Waals surface area contributed by atoms with Gasteiger partial charge in [-0.15, -0.1) is 0 Å². The predicted molar refractivity (Wildman–Crippen MR) is 56.6 cm³/mol. The maximum Gasteiger partial charge on any atom is 0.113 e. The van der Waals surface area contributed by atoms with Crippen LogP contribution >= 0.6 is 11.8 Å². The van der Waals surface area contributed by atoms with Gasteiger partial charge in [-0.2, -0.15) is 11.8 Å². The van der Waals surface area contributed by atoms with E-state index < -0.39 is 6.10 Å². The molecule has 2 rings (SSSR count). The molecule has 2 aliphatic heterocycles. The zero-order valence-corrected chi connectivity index (χ0v) is 9.33. The Morgan fingerprint density at radius 2 is 2.07 bits per heavy atom. The molecule has 3 nitrogen and oxygen atoms in total. The normalized spacial score (nSPS) is 41.6. The van der Waals surface area contributed by atoms with Gasteiger partial charge in [0.25, 0.3) is 0 Å². The van der Waals surface area contributed by atoms with E-state index in [4.69, 9.17) is 9.47 Å². The topological polar surface area (TPSA) is 38.7 Å². The van der Waals surface area contributed by atoms with Gasteiger partial charge in [-0.3, -0.25) is 0 Å². The van der Waals surface area contributed by atoms with Gasteiger partial charge < -0.3 is 14.6 Å². The second kappa shape index (κ2) is 4.84.